The third-order valence-electron chi connectivity index (χ3n) is 1.99. The van der Waals surface area contributed by atoms with E-state index in [1.165, 1.54) is 24.9 Å². The van der Waals surface area contributed by atoms with Gasteiger partial charge in [0, 0.05) is 19.2 Å². The lowest BCUT2D eigenvalue weighted by molar-refractivity contribution is 1.94. The van der Waals surface area contributed by atoms with Crippen molar-refractivity contribution in [2.24, 2.45) is 0 Å². The SMILES string of the molecule is Ic1ccc(-c2cc3sc(I)cc3s2)s1. The maximum atomic E-state index is 2.39. The van der Waals surface area contributed by atoms with Crippen LogP contribution in [-0.4, -0.2) is 0 Å². The molecule has 3 aromatic heterocycles. The molecule has 0 amide bonds. The van der Waals surface area contributed by atoms with E-state index >= 15 is 0 Å². The fourth-order valence-electron chi connectivity index (χ4n) is 1.37. The molecule has 0 N–H and O–H groups in total. The lowest BCUT2D eigenvalue weighted by Crippen LogP contribution is -1.56. The Bertz CT molecular complexity index is 586. The molecule has 0 aromatic carbocycles. The van der Waals surface area contributed by atoms with E-state index < -0.39 is 0 Å². The van der Waals surface area contributed by atoms with Gasteiger partial charge in [-0.25, -0.2) is 0 Å². The molecule has 3 rings (SSSR count). The van der Waals surface area contributed by atoms with Gasteiger partial charge in [0.25, 0.3) is 0 Å². The average Bonchev–Trinajstić information content (AvgIpc) is 2.78. The summed E-state index contributed by atoms with van der Waals surface area (Å²) in [5.41, 5.74) is 0. The number of hydrogen-bond donors (Lipinski definition) is 0. The highest BCUT2D eigenvalue weighted by Gasteiger charge is 2.08. The van der Waals surface area contributed by atoms with Crippen LogP contribution in [0.3, 0.4) is 0 Å². The average molecular weight is 474 g/mol. The first-order valence-corrected chi connectivity index (χ1v) is 8.78. The molecule has 0 aliphatic rings. The highest BCUT2D eigenvalue weighted by atomic mass is 127. The summed E-state index contributed by atoms with van der Waals surface area (Å²) in [5.74, 6) is 0. The molecule has 0 nitrogen and oxygen atoms in total. The number of fused-ring (bicyclic) bond motifs is 1. The minimum atomic E-state index is 1.36. The van der Waals surface area contributed by atoms with Crippen molar-refractivity contribution in [3.05, 3.63) is 30.0 Å². The molecule has 15 heavy (non-hydrogen) atoms. The molecule has 5 heteroatoms. The normalized spacial score (nSPS) is 11.3. The van der Waals surface area contributed by atoms with Gasteiger partial charge in [0.15, 0.2) is 0 Å². The van der Waals surface area contributed by atoms with Crippen LogP contribution >= 0.6 is 79.2 Å². The van der Waals surface area contributed by atoms with Gasteiger partial charge in [-0.3, -0.25) is 0 Å². The molecule has 0 saturated carbocycles. The zero-order chi connectivity index (χ0) is 10.4. The van der Waals surface area contributed by atoms with Crippen molar-refractivity contribution >= 4 is 88.6 Å². The Hall–Kier alpha value is 0.820. The molecular formula is C10H4I2S3. The summed E-state index contributed by atoms with van der Waals surface area (Å²) >= 11 is 10.4. The predicted molar refractivity (Wildman–Crippen MR) is 88.4 cm³/mol. The first kappa shape index (κ1) is 10.9. The molecule has 0 aliphatic carbocycles. The van der Waals surface area contributed by atoms with Crippen molar-refractivity contribution in [2.45, 2.75) is 0 Å². The Morgan fingerprint density at radius 3 is 2.20 bits per heavy atom. The molecule has 0 bridgehead atoms. The Labute approximate surface area is 127 Å². The van der Waals surface area contributed by atoms with Crippen molar-refractivity contribution in [1.29, 1.82) is 0 Å². The molecule has 0 saturated heterocycles. The molecule has 0 radical (unpaired) electrons. The Morgan fingerprint density at radius 1 is 0.733 bits per heavy atom. The van der Waals surface area contributed by atoms with Crippen LogP contribution in [0.4, 0.5) is 0 Å². The second-order valence-corrected chi connectivity index (χ2v) is 10.0. The van der Waals surface area contributed by atoms with E-state index in [2.05, 4.69) is 69.4 Å². The fraction of sp³-hybridized carbons (Fsp3) is 0. The van der Waals surface area contributed by atoms with E-state index in [0.717, 1.165) is 0 Å². The zero-order valence-corrected chi connectivity index (χ0v) is 14.1. The van der Waals surface area contributed by atoms with Gasteiger partial charge < -0.3 is 0 Å². The van der Waals surface area contributed by atoms with Gasteiger partial charge in [0.2, 0.25) is 0 Å². The molecule has 0 atom stereocenters. The monoisotopic (exact) mass is 474 g/mol. The van der Waals surface area contributed by atoms with E-state index in [-0.39, 0.29) is 0 Å². The van der Waals surface area contributed by atoms with E-state index in [1.54, 1.807) is 0 Å². The van der Waals surface area contributed by atoms with Crippen molar-refractivity contribution in [1.82, 2.24) is 0 Å². The van der Waals surface area contributed by atoms with Gasteiger partial charge in [-0.05, 0) is 69.4 Å². The Balaban J connectivity index is 2.15. The standard InChI is InChI=1S/C10H4I2S3/c11-9-2-1-5(14-9)6-3-7-8(13-6)4-10(12)15-7/h1-4H. The smallest absolute Gasteiger partial charge is 0.0674 e. The van der Waals surface area contributed by atoms with E-state index in [0.29, 0.717) is 0 Å². The summed E-state index contributed by atoms with van der Waals surface area (Å²) < 4.78 is 5.57. The van der Waals surface area contributed by atoms with Crippen LogP contribution in [0.2, 0.25) is 0 Å². The van der Waals surface area contributed by atoms with Crippen LogP contribution in [0, 0.1) is 5.77 Å². The van der Waals surface area contributed by atoms with Gasteiger partial charge in [-0.15, -0.1) is 34.0 Å². The van der Waals surface area contributed by atoms with E-state index in [1.807, 2.05) is 34.0 Å². The van der Waals surface area contributed by atoms with Crippen molar-refractivity contribution in [3.63, 3.8) is 0 Å². The van der Waals surface area contributed by atoms with Gasteiger partial charge >= 0.3 is 0 Å². The fourth-order valence-corrected chi connectivity index (χ4v) is 6.43. The quantitative estimate of drug-likeness (QED) is 0.386. The molecule has 0 unspecified atom stereocenters. The number of halogens is 2. The predicted octanol–water partition coefficient (Wildman–Crippen LogP) is 5.90. The molecule has 3 heterocycles. The molecular weight excluding hydrogens is 470 g/mol. The number of rotatable bonds is 1. The Morgan fingerprint density at radius 2 is 1.53 bits per heavy atom. The second kappa shape index (κ2) is 4.25. The minimum absolute atomic E-state index is 1.36. The summed E-state index contributed by atoms with van der Waals surface area (Å²) in [6, 6.07) is 8.98. The molecule has 0 spiro atoms. The molecule has 3 aromatic rings. The minimum Gasteiger partial charge on any atom is -0.133 e. The largest absolute Gasteiger partial charge is 0.133 e. The highest BCUT2D eigenvalue weighted by molar-refractivity contribution is 14.1. The van der Waals surface area contributed by atoms with Crippen LogP contribution in [-0.2, 0) is 0 Å². The Kier molecular flexibility index (Phi) is 3.10. The van der Waals surface area contributed by atoms with Crippen molar-refractivity contribution in [2.75, 3.05) is 0 Å². The highest BCUT2D eigenvalue weighted by Crippen LogP contribution is 2.40. The molecule has 0 aliphatic heterocycles. The second-order valence-electron chi connectivity index (χ2n) is 2.99. The van der Waals surface area contributed by atoms with Crippen molar-refractivity contribution < 1.29 is 0 Å². The van der Waals surface area contributed by atoms with E-state index in [9.17, 15) is 0 Å². The maximum absolute atomic E-state index is 2.39. The summed E-state index contributed by atoms with van der Waals surface area (Å²) in [6.07, 6.45) is 0. The topological polar surface area (TPSA) is 0 Å². The van der Waals surface area contributed by atoms with Crippen LogP contribution in [0.15, 0.2) is 24.3 Å². The van der Waals surface area contributed by atoms with Crippen LogP contribution < -0.4 is 0 Å². The van der Waals surface area contributed by atoms with Crippen LogP contribution in [0.25, 0.3) is 19.2 Å². The van der Waals surface area contributed by atoms with Gasteiger partial charge in [-0.1, -0.05) is 0 Å². The first-order valence-electron chi connectivity index (χ1n) is 4.17. The lowest BCUT2D eigenvalue weighted by Gasteiger charge is -1.87. The zero-order valence-electron chi connectivity index (χ0n) is 7.29. The lowest BCUT2D eigenvalue weighted by atomic mass is 10.4. The third-order valence-corrected chi connectivity index (χ3v) is 7.14. The van der Waals surface area contributed by atoms with Gasteiger partial charge in [0.05, 0.1) is 5.77 Å². The molecule has 0 fully saturated rings. The van der Waals surface area contributed by atoms with Crippen molar-refractivity contribution in [3.8, 4) is 9.75 Å². The van der Waals surface area contributed by atoms with Gasteiger partial charge in [-0.2, -0.15) is 0 Å². The van der Waals surface area contributed by atoms with Crippen LogP contribution in [0.5, 0.6) is 0 Å². The van der Waals surface area contributed by atoms with E-state index in [4.69, 9.17) is 0 Å². The molecule has 76 valence electrons. The summed E-state index contributed by atoms with van der Waals surface area (Å²) in [4.78, 5) is 2.79. The third kappa shape index (κ3) is 2.13. The summed E-state index contributed by atoms with van der Waals surface area (Å²) in [6.45, 7) is 0. The maximum Gasteiger partial charge on any atom is 0.0674 e. The summed E-state index contributed by atoms with van der Waals surface area (Å²) in [5, 5.41) is 0. The summed E-state index contributed by atoms with van der Waals surface area (Å²) in [7, 11) is 0. The van der Waals surface area contributed by atoms with Gasteiger partial charge in [0.1, 0.15) is 0 Å². The number of thiophene rings is 3. The van der Waals surface area contributed by atoms with Crippen LogP contribution in [0.1, 0.15) is 0 Å². The number of hydrogen-bond acceptors (Lipinski definition) is 3. The first-order chi connectivity index (χ1) is 7.22.